The number of hydrogen-bond acceptors (Lipinski definition) is 5. The van der Waals surface area contributed by atoms with Crippen LogP contribution >= 0.6 is 0 Å². The number of nitrogens with one attached hydrogen (secondary N) is 2. The van der Waals surface area contributed by atoms with Gasteiger partial charge in [0, 0.05) is 24.9 Å². The number of hydrogen-bond donors (Lipinski definition) is 2. The first-order chi connectivity index (χ1) is 12.5. The number of aliphatic imine (C=N–C) groups is 1. The standard InChI is InChI=1S/C18H29N3O4S/c1-4-11-25-17-9-7-6-8-16(17)15-21-18(19-5-2)20-10-12-24-13-14-26(3,22)23/h4,6-9H,1,5,10-15H2,2-3H3,(H2,19,20,21). The Kier molecular flexibility index (Phi) is 10.4. The Hall–Kier alpha value is -2.06. The summed E-state index contributed by atoms with van der Waals surface area (Å²) in [6.45, 7) is 8.42. The molecule has 8 heteroatoms. The zero-order chi connectivity index (χ0) is 19.3. The van der Waals surface area contributed by atoms with E-state index in [0.717, 1.165) is 17.9 Å². The first-order valence-corrected chi connectivity index (χ1v) is 10.6. The summed E-state index contributed by atoms with van der Waals surface area (Å²) in [5.74, 6) is 1.48. The average molecular weight is 384 g/mol. The van der Waals surface area contributed by atoms with Crippen molar-refractivity contribution in [2.45, 2.75) is 13.5 Å². The van der Waals surface area contributed by atoms with Gasteiger partial charge in [0.2, 0.25) is 0 Å². The largest absolute Gasteiger partial charge is 0.489 e. The molecule has 0 aliphatic rings. The van der Waals surface area contributed by atoms with E-state index in [1.807, 2.05) is 31.2 Å². The van der Waals surface area contributed by atoms with Gasteiger partial charge < -0.3 is 20.1 Å². The fourth-order valence-electron chi connectivity index (χ4n) is 1.98. The van der Waals surface area contributed by atoms with E-state index in [1.165, 1.54) is 6.26 Å². The number of rotatable bonds is 12. The number of para-hydroxylation sites is 1. The molecule has 0 aliphatic heterocycles. The second-order valence-electron chi connectivity index (χ2n) is 5.57. The molecule has 0 atom stereocenters. The summed E-state index contributed by atoms with van der Waals surface area (Å²) < 4.78 is 33.0. The smallest absolute Gasteiger partial charge is 0.191 e. The minimum absolute atomic E-state index is 0.0304. The van der Waals surface area contributed by atoms with Crippen LogP contribution in [0.25, 0.3) is 0 Å². The maximum atomic E-state index is 11.0. The highest BCUT2D eigenvalue weighted by Crippen LogP contribution is 2.18. The molecule has 0 aliphatic carbocycles. The topological polar surface area (TPSA) is 89.0 Å². The van der Waals surface area contributed by atoms with Crippen molar-refractivity contribution in [2.75, 3.05) is 44.9 Å². The van der Waals surface area contributed by atoms with Crippen LogP contribution in [-0.4, -0.2) is 59.3 Å². The summed E-state index contributed by atoms with van der Waals surface area (Å²) in [6.07, 6.45) is 2.90. The zero-order valence-electron chi connectivity index (χ0n) is 15.5. The zero-order valence-corrected chi connectivity index (χ0v) is 16.3. The Morgan fingerprint density at radius 3 is 2.73 bits per heavy atom. The lowest BCUT2D eigenvalue weighted by Crippen LogP contribution is -2.39. The van der Waals surface area contributed by atoms with Crippen LogP contribution < -0.4 is 15.4 Å². The van der Waals surface area contributed by atoms with Crippen LogP contribution in [0.1, 0.15) is 12.5 Å². The van der Waals surface area contributed by atoms with Gasteiger partial charge in [-0.25, -0.2) is 13.4 Å². The van der Waals surface area contributed by atoms with Crippen LogP contribution in [0.2, 0.25) is 0 Å². The first-order valence-electron chi connectivity index (χ1n) is 8.55. The van der Waals surface area contributed by atoms with Gasteiger partial charge in [-0.15, -0.1) is 0 Å². The molecule has 7 nitrogen and oxygen atoms in total. The highest BCUT2D eigenvalue weighted by Gasteiger charge is 2.04. The Morgan fingerprint density at radius 1 is 1.27 bits per heavy atom. The van der Waals surface area contributed by atoms with E-state index >= 15 is 0 Å². The molecule has 0 radical (unpaired) electrons. The number of benzene rings is 1. The lowest BCUT2D eigenvalue weighted by Gasteiger charge is -2.12. The van der Waals surface area contributed by atoms with E-state index in [1.54, 1.807) is 6.08 Å². The second-order valence-corrected chi connectivity index (χ2v) is 7.83. The van der Waals surface area contributed by atoms with Crippen LogP contribution in [0.15, 0.2) is 41.9 Å². The van der Waals surface area contributed by atoms with Gasteiger partial charge in [-0.3, -0.25) is 0 Å². The third-order valence-electron chi connectivity index (χ3n) is 3.22. The van der Waals surface area contributed by atoms with Crippen molar-refractivity contribution in [3.8, 4) is 5.75 Å². The molecular formula is C18H29N3O4S. The van der Waals surface area contributed by atoms with Gasteiger partial charge in [0.05, 0.1) is 25.5 Å². The summed E-state index contributed by atoms with van der Waals surface area (Å²) in [7, 11) is -2.99. The number of guanidine groups is 1. The number of sulfone groups is 1. The van der Waals surface area contributed by atoms with Crippen LogP contribution in [0.5, 0.6) is 5.75 Å². The van der Waals surface area contributed by atoms with Gasteiger partial charge in [0.25, 0.3) is 0 Å². The SMILES string of the molecule is C=CCOc1ccccc1CN=C(NCC)NCCOCCS(C)(=O)=O. The molecule has 0 saturated heterocycles. The van der Waals surface area contributed by atoms with Gasteiger partial charge in [-0.2, -0.15) is 0 Å². The molecule has 0 bridgehead atoms. The van der Waals surface area contributed by atoms with Crippen LogP contribution in [-0.2, 0) is 21.1 Å². The summed E-state index contributed by atoms with van der Waals surface area (Å²) in [4.78, 5) is 4.55. The molecular weight excluding hydrogens is 354 g/mol. The van der Waals surface area contributed by atoms with Crippen molar-refractivity contribution in [3.63, 3.8) is 0 Å². The van der Waals surface area contributed by atoms with Crippen molar-refractivity contribution >= 4 is 15.8 Å². The molecule has 0 saturated carbocycles. The Bertz CT molecular complexity index is 675. The normalized spacial score (nSPS) is 11.8. The van der Waals surface area contributed by atoms with Gasteiger partial charge in [0.1, 0.15) is 22.2 Å². The molecule has 1 aromatic rings. The highest BCUT2D eigenvalue weighted by atomic mass is 32.2. The minimum Gasteiger partial charge on any atom is -0.489 e. The van der Waals surface area contributed by atoms with Crippen molar-refractivity contribution in [2.24, 2.45) is 4.99 Å². The fourth-order valence-corrected chi connectivity index (χ4v) is 2.40. The predicted octanol–water partition coefficient (Wildman–Crippen LogP) is 1.37. The predicted molar refractivity (Wildman–Crippen MR) is 105 cm³/mol. The van der Waals surface area contributed by atoms with E-state index in [9.17, 15) is 8.42 Å². The summed E-state index contributed by atoms with van der Waals surface area (Å²) in [6, 6.07) is 7.74. The first kappa shape index (κ1) is 22.0. The summed E-state index contributed by atoms with van der Waals surface area (Å²) >= 11 is 0. The van der Waals surface area contributed by atoms with Crippen molar-refractivity contribution in [1.29, 1.82) is 0 Å². The maximum absolute atomic E-state index is 11.0. The van der Waals surface area contributed by atoms with Gasteiger partial charge in [-0.1, -0.05) is 30.9 Å². The minimum atomic E-state index is -2.99. The number of nitrogens with zero attached hydrogens (tertiary/aromatic N) is 1. The van der Waals surface area contributed by atoms with E-state index < -0.39 is 9.84 Å². The molecule has 26 heavy (non-hydrogen) atoms. The Balaban J connectivity index is 2.49. The van der Waals surface area contributed by atoms with Gasteiger partial charge in [0.15, 0.2) is 5.96 Å². The lowest BCUT2D eigenvalue weighted by atomic mass is 10.2. The molecule has 1 rings (SSSR count). The molecule has 1 aromatic carbocycles. The Labute approximate surface area is 156 Å². The van der Waals surface area contributed by atoms with E-state index in [0.29, 0.717) is 32.3 Å². The number of ether oxygens (including phenoxy) is 2. The average Bonchev–Trinajstić information content (AvgIpc) is 2.60. The molecule has 0 spiro atoms. The molecule has 146 valence electrons. The third kappa shape index (κ3) is 10.0. The third-order valence-corrected chi connectivity index (χ3v) is 4.13. The molecule has 0 aromatic heterocycles. The molecule has 0 fully saturated rings. The van der Waals surface area contributed by atoms with Crippen molar-refractivity contribution in [3.05, 3.63) is 42.5 Å². The second kappa shape index (κ2) is 12.3. The molecule has 0 heterocycles. The highest BCUT2D eigenvalue weighted by molar-refractivity contribution is 7.90. The summed E-state index contributed by atoms with van der Waals surface area (Å²) in [5, 5.41) is 6.32. The quantitative estimate of drug-likeness (QED) is 0.245. The van der Waals surface area contributed by atoms with Gasteiger partial charge >= 0.3 is 0 Å². The fraction of sp³-hybridized carbons (Fsp3) is 0.500. The Morgan fingerprint density at radius 2 is 2.04 bits per heavy atom. The molecule has 0 unspecified atom stereocenters. The lowest BCUT2D eigenvalue weighted by molar-refractivity contribution is 0.154. The van der Waals surface area contributed by atoms with E-state index in [2.05, 4.69) is 22.2 Å². The van der Waals surface area contributed by atoms with Crippen molar-refractivity contribution in [1.82, 2.24) is 10.6 Å². The van der Waals surface area contributed by atoms with E-state index in [-0.39, 0.29) is 12.4 Å². The monoisotopic (exact) mass is 383 g/mol. The van der Waals surface area contributed by atoms with Crippen LogP contribution in [0.3, 0.4) is 0 Å². The van der Waals surface area contributed by atoms with Crippen LogP contribution in [0.4, 0.5) is 0 Å². The van der Waals surface area contributed by atoms with Gasteiger partial charge in [-0.05, 0) is 13.0 Å². The maximum Gasteiger partial charge on any atom is 0.191 e. The molecule has 0 amide bonds. The summed E-state index contributed by atoms with van der Waals surface area (Å²) in [5.41, 5.74) is 0.982. The van der Waals surface area contributed by atoms with Crippen LogP contribution in [0, 0.1) is 0 Å². The van der Waals surface area contributed by atoms with Crippen molar-refractivity contribution < 1.29 is 17.9 Å². The molecule has 2 N–H and O–H groups in total. The van der Waals surface area contributed by atoms with E-state index in [4.69, 9.17) is 9.47 Å².